The molecule has 0 atom stereocenters. The van der Waals surface area contributed by atoms with Gasteiger partial charge in [-0.1, -0.05) is 36.0 Å². The molecule has 0 aromatic heterocycles. The van der Waals surface area contributed by atoms with E-state index in [1.54, 1.807) is 0 Å². The Morgan fingerprint density at radius 3 is 2.27 bits per heavy atom. The van der Waals surface area contributed by atoms with Crippen LogP contribution in [0.25, 0.3) is 0 Å². The monoisotopic (exact) mass is 150 g/mol. The Morgan fingerprint density at radius 1 is 1.09 bits per heavy atom. The molecule has 0 radical (unpaired) electrons. The minimum atomic E-state index is 1.15. The predicted molar refractivity (Wildman–Crippen MR) is 52.6 cm³/mol. The van der Waals surface area contributed by atoms with Crippen LogP contribution < -0.4 is 0 Å². The highest BCUT2D eigenvalue weighted by Crippen LogP contribution is 1.94. The number of unbranched alkanes of at least 4 members (excludes halogenated alkanes) is 1. The summed E-state index contributed by atoms with van der Waals surface area (Å²) in [6.07, 6.45) is 13.0. The number of rotatable bonds is 4. The summed E-state index contributed by atoms with van der Waals surface area (Å²) in [6.45, 7) is 6.27. The fourth-order valence-electron chi connectivity index (χ4n) is 0.716. The van der Waals surface area contributed by atoms with Crippen molar-refractivity contribution < 1.29 is 0 Å². The molecule has 0 saturated heterocycles. The Bertz CT molecular complexity index is 155. The second-order valence-electron chi connectivity index (χ2n) is 2.82. The molecule has 0 saturated carbocycles. The highest BCUT2D eigenvalue weighted by Gasteiger charge is 1.74. The van der Waals surface area contributed by atoms with Crippen molar-refractivity contribution >= 4 is 0 Å². The van der Waals surface area contributed by atoms with E-state index in [1.165, 1.54) is 5.57 Å². The van der Waals surface area contributed by atoms with Crippen molar-refractivity contribution in [2.24, 2.45) is 0 Å². The van der Waals surface area contributed by atoms with Crippen LogP contribution in [0.15, 0.2) is 36.0 Å². The third-order valence-electron chi connectivity index (χ3n) is 1.30. The smallest absolute Gasteiger partial charge is 0.0313 e. The Kier molecular flexibility index (Phi) is 6.81. The van der Waals surface area contributed by atoms with Gasteiger partial charge in [0.25, 0.3) is 0 Å². The Labute approximate surface area is 70.3 Å². The fraction of sp³-hybridized carbons (Fsp3) is 0.455. The third-order valence-corrected chi connectivity index (χ3v) is 1.30. The molecule has 11 heavy (non-hydrogen) atoms. The molecular weight excluding hydrogens is 132 g/mol. The van der Waals surface area contributed by atoms with Crippen LogP contribution in [0.2, 0.25) is 0 Å². The van der Waals surface area contributed by atoms with Gasteiger partial charge in [-0.25, -0.2) is 0 Å². The van der Waals surface area contributed by atoms with E-state index < -0.39 is 0 Å². The Morgan fingerprint density at radius 2 is 1.73 bits per heavy atom. The Hall–Kier alpha value is -0.780. The molecule has 0 nitrogen and oxygen atoms in total. The molecular formula is C11H18. The van der Waals surface area contributed by atoms with E-state index >= 15 is 0 Å². The maximum absolute atomic E-state index is 2.20. The average molecular weight is 150 g/mol. The molecule has 0 aromatic rings. The highest BCUT2D eigenvalue weighted by molar-refractivity contribution is 5.08. The van der Waals surface area contributed by atoms with Gasteiger partial charge in [0.1, 0.15) is 0 Å². The fourth-order valence-corrected chi connectivity index (χ4v) is 0.716. The maximum Gasteiger partial charge on any atom is -0.0313 e. The van der Waals surface area contributed by atoms with Crippen molar-refractivity contribution in [2.75, 3.05) is 0 Å². The van der Waals surface area contributed by atoms with Crippen LogP contribution >= 0.6 is 0 Å². The van der Waals surface area contributed by atoms with Crippen molar-refractivity contribution in [3.63, 3.8) is 0 Å². The summed E-state index contributed by atoms with van der Waals surface area (Å²) in [5.74, 6) is 0. The number of hydrogen-bond donors (Lipinski definition) is 0. The van der Waals surface area contributed by atoms with Crippen LogP contribution in [-0.2, 0) is 0 Å². The van der Waals surface area contributed by atoms with E-state index in [4.69, 9.17) is 0 Å². The number of hydrogen-bond acceptors (Lipinski definition) is 0. The molecule has 0 fully saturated rings. The quantitative estimate of drug-likeness (QED) is 0.324. The van der Waals surface area contributed by atoms with E-state index in [2.05, 4.69) is 51.2 Å². The van der Waals surface area contributed by atoms with Gasteiger partial charge in [0, 0.05) is 0 Å². The summed E-state index contributed by atoms with van der Waals surface area (Å²) < 4.78 is 0. The zero-order chi connectivity index (χ0) is 8.53. The van der Waals surface area contributed by atoms with E-state index in [1.807, 2.05) is 0 Å². The lowest BCUT2D eigenvalue weighted by molar-refractivity contribution is 1.05. The minimum Gasteiger partial charge on any atom is -0.0917 e. The van der Waals surface area contributed by atoms with Gasteiger partial charge in [-0.15, -0.1) is 0 Å². The third kappa shape index (κ3) is 9.22. The largest absolute Gasteiger partial charge is 0.0917 e. The van der Waals surface area contributed by atoms with E-state index in [0.29, 0.717) is 0 Å². The van der Waals surface area contributed by atoms with E-state index in [-0.39, 0.29) is 0 Å². The molecule has 0 aliphatic heterocycles. The molecule has 0 aliphatic rings. The van der Waals surface area contributed by atoms with Gasteiger partial charge < -0.3 is 0 Å². The SMILES string of the molecule is CC=CCC/C=C/C=C(C)C. The lowest BCUT2D eigenvalue weighted by atomic mass is 10.2. The van der Waals surface area contributed by atoms with Gasteiger partial charge >= 0.3 is 0 Å². The van der Waals surface area contributed by atoms with Crippen LogP contribution in [0, 0.1) is 0 Å². The molecule has 0 heterocycles. The molecule has 62 valence electrons. The van der Waals surface area contributed by atoms with Crippen molar-refractivity contribution in [1.29, 1.82) is 0 Å². The molecule has 0 spiro atoms. The van der Waals surface area contributed by atoms with Crippen molar-refractivity contribution in [3.8, 4) is 0 Å². The van der Waals surface area contributed by atoms with Gasteiger partial charge in [-0.2, -0.15) is 0 Å². The lowest BCUT2D eigenvalue weighted by Crippen LogP contribution is -1.64. The van der Waals surface area contributed by atoms with E-state index in [9.17, 15) is 0 Å². The molecule has 0 unspecified atom stereocenters. The molecule has 0 amide bonds. The summed E-state index contributed by atoms with van der Waals surface area (Å²) in [5.41, 5.74) is 1.35. The first-order valence-corrected chi connectivity index (χ1v) is 4.18. The van der Waals surface area contributed by atoms with Gasteiger partial charge in [-0.05, 0) is 33.6 Å². The zero-order valence-corrected chi connectivity index (χ0v) is 7.80. The van der Waals surface area contributed by atoms with Crippen LogP contribution in [0.5, 0.6) is 0 Å². The standard InChI is InChI=1S/C11H18/c1-4-5-6-7-8-9-10-11(2)3/h4-5,8-10H,6-7H2,1-3H3/b5-4?,9-8+. The predicted octanol–water partition coefficient (Wildman–Crippen LogP) is 3.87. The van der Waals surface area contributed by atoms with E-state index in [0.717, 1.165) is 12.8 Å². The van der Waals surface area contributed by atoms with Crippen LogP contribution in [-0.4, -0.2) is 0 Å². The maximum atomic E-state index is 2.20. The van der Waals surface area contributed by atoms with Crippen molar-refractivity contribution in [2.45, 2.75) is 33.6 Å². The molecule has 0 rings (SSSR count). The summed E-state index contributed by atoms with van der Waals surface area (Å²) >= 11 is 0. The second-order valence-corrected chi connectivity index (χ2v) is 2.82. The van der Waals surface area contributed by atoms with Crippen molar-refractivity contribution in [3.05, 3.63) is 36.0 Å². The van der Waals surface area contributed by atoms with Crippen molar-refractivity contribution in [1.82, 2.24) is 0 Å². The average Bonchev–Trinajstić information content (AvgIpc) is 1.96. The molecule has 0 aromatic carbocycles. The molecule has 0 N–H and O–H groups in total. The van der Waals surface area contributed by atoms with Crippen LogP contribution in [0.1, 0.15) is 33.6 Å². The van der Waals surface area contributed by atoms with Gasteiger partial charge in [-0.3, -0.25) is 0 Å². The molecule has 0 bridgehead atoms. The summed E-state index contributed by atoms with van der Waals surface area (Å²) in [7, 11) is 0. The lowest BCUT2D eigenvalue weighted by Gasteiger charge is -1.84. The van der Waals surface area contributed by atoms with Gasteiger partial charge in [0.15, 0.2) is 0 Å². The van der Waals surface area contributed by atoms with Gasteiger partial charge in [0.05, 0.1) is 0 Å². The topological polar surface area (TPSA) is 0 Å². The highest BCUT2D eigenvalue weighted by atomic mass is 13.8. The summed E-state index contributed by atoms with van der Waals surface area (Å²) in [6, 6.07) is 0. The normalized spacial score (nSPS) is 11.2. The first-order chi connectivity index (χ1) is 5.27. The summed E-state index contributed by atoms with van der Waals surface area (Å²) in [4.78, 5) is 0. The Balaban J connectivity index is 3.38. The van der Waals surface area contributed by atoms with Gasteiger partial charge in [0.2, 0.25) is 0 Å². The summed E-state index contributed by atoms with van der Waals surface area (Å²) in [5, 5.41) is 0. The molecule has 0 heteroatoms. The first kappa shape index (κ1) is 10.2. The molecule has 0 aliphatic carbocycles. The number of allylic oxidation sites excluding steroid dienone is 6. The second kappa shape index (κ2) is 7.33. The minimum absolute atomic E-state index is 1.15. The zero-order valence-electron chi connectivity index (χ0n) is 7.80. The first-order valence-electron chi connectivity index (χ1n) is 4.18. The van der Waals surface area contributed by atoms with Crippen LogP contribution in [0.4, 0.5) is 0 Å². The van der Waals surface area contributed by atoms with Crippen LogP contribution in [0.3, 0.4) is 0 Å².